The van der Waals surface area contributed by atoms with Crippen LogP contribution in [0.25, 0.3) is 0 Å². The number of allylic oxidation sites excluding steroid dienone is 2. The van der Waals surface area contributed by atoms with Gasteiger partial charge in [-0.15, -0.1) is 0 Å². The lowest BCUT2D eigenvalue weighted by Crippen LogP contribution is -2.34. The Labute approximate surface area is 222 Å². The lowest BCUT2D eigenvalue weighted by atomic mass is 10.2. The Kier molecular flexibility index (Phi) is 4.68. The topological polar surface area (TPSA) is 143 Å². The van der Waals surface area contributed by atoms with Crippen LogP contribution < -0.4 is 16.2 Å². The standard InChI is InChI=1S/C24H19BClN12/c1-7-9(3)29-15-13(27-7)19-33-20-14-16(30-10(4)8(2)28-14)22(35-20)37-24-18-17(31-11(5)12(6)32-18)23(38(24)25-26)36-21(15)34-19/h31H,1-6H3. The van der Waals surface area contributed by atoms with Gasteiger partial charge >= 0.3 is 6.83 Å². The maximum atomic E-state index is 6.40. The zero-order chi connectivity index (χ0) is 26.5. The maximum absolute atomic E-state index is 6.40. The minimum Gasteiger partial charge on any atom is -0.353 e. The van der Waals surface area contributed by atoms with Crippen LogP contribution in [0.2, 0.25) is 0 Å². The predicted molar refractivity (Wildman–Crippen MR) is 145 cm³/mol. The van der Waals surface area contributed by atoms with Crippen molar-refractivity contribution in [1.29, 1.82) is 0 Å². The first-order chi connectivity index (χ1) is 18.2. The molecule has 14 heteroatoms. The van der Waals surface area contributed by atoms with E-state index in [0.29, 0.717) is 68.5 Å². The molecule has 0 aromatic carbocycles. The summed E-state index contributed by atoms with van der Waals surface area (Å²) in [5.74, 6) is 1.83. The molecule has 0 unspecified atom stereocenters. The molecule has 4 aliphatic rings. The molecule has 7 heterocycles. The number of amidine groups is 4. The number of nitrogens with zero attached hydrogens (tertiary/aromatic N) is 11. The fourth-order valence-corrected chi connectivity index (χ4v) is 4.65. The Morgan fingerprint density at radius 2 is 1.05 bits per heavy atom. The maximum Gasteiger partial charge on any atom is 0.378 e. The van der Waals surface area contributed by atoms with Crippen molar-refractivity contribution in [3.05, 3.63) is 67.8 Å². The average molecular weight is 522 g/mol. The summed E-state index contributed by atoms with van der Waals surface area (Å²) in [6.07, 6.45) is 0. The molecule has 3 aromatic heterocycles. The molecule has 7 rings (SSSR count). The molecule has 0 saturated heterocycles. The van der Waals surface area contributed by atoms with E-state index in [2.05, 4.69) is 5.32 Å². The van der Waals surface area contributed by atoms with Crippen LogP contribution in [0, 0.1) is 27.7 Å². The summed E-state index contributed by atoms with van der Waals surface area (Å²) in [7, 11) is 0. The van der Waals surface area contributed by atoms with Crippen LogP contribution in [0.5, 0.6) is 0 Å². The molecule has 1 radical (unpaired) electrons. The van der Waals surface area contributed by atoms with Crippen LogP contribution in [0.1, 0.15) is 59.4 Å². The smallest absolute Gasteiger partial charge is 0.353 e. The second kappa shape index (κ2) is 7.81. The van der Waals surface area contributed by atoms with Gasteiger partial charge in [0, 0.05) is 5.70 Å². The first-order valence-corrected chi connectivity index (χ1v) is 12.3. The van der Waals surface area contributed by atoms with E-state index >= 15 is 0 Å². The molecular weight excluding hydrogens is 503 g/mol. The Morgan fingerprint density at radius 3 is 1.53 bits per heavy atom. The van der Waals surface area contributed by atoms with Crippen molar-refractivity contribution in [2.45, 2.75) is 41.5 Å². The van der Waals surface area contributed by atoms with Crippen molar-refractivity contribution < 1.29 is 0 Å². The van der Waals surface area contributed by atoms with Gasteiger partial charge in [0.2, 0.25) is 0 Å². The van der Waals surface area contributed by atoms with E-state index in [0.717, 1.165) is 34.2 Å². The summed E-state index contributed by atoms with van der Waals surface area (Å²) >= 11 is 6.40. The summed E-state index contributed by atoms with van der Waals surface area (Å²) < 4.78 is 1.65. The van der Waals surface area contributed by atoms with Gasteiger partial charge in [-0.1, -0.05) is 0 Å². The van der Waals surface area contributed by atoms with Crippen molar-refractivity contribution in [2.24, 2.45) is 30.0 Å². The second-order valence-corrected chi connectivity index (χ2v) is 9.52. The number of aliphatic imine (C=N–C) groups is 4. The molecule has 0 fully saturated rings. The third-order valence-corrected chi connectivity index (χ3v) is 7.08. The molecule has 0 amide bonds. The van der Waals surface area contributed by atoms with E-state index in [1.165, 1.54) is 6.83 Å². The van der Waals surface area contributed by atoms with Crippen LogP contribution in [-0.2, 0) is 0 Å². The van der Waals surface area contributed by atoms with Gasteiger partial charge in [0.1, 0.15) is 33.8 Å². The van der Waals surface area contributed by atoms with Crippen LogP contribution in [0.15, 0.2) is 41.3 Å². The summed E-state index contributed by atoms with van der Waals surface area (Å²) in [5, 5.41) is 3.99. The molecule has 12 nitrogen and oxygen atoms in total. The van der Waals surface area contributed by atoms with Crippen molar-refractivity contribution in [1.82, 2.24) is 24.4 Å². The van der Waals surface area contributed by atoms with Crippen LogP contribution in [0.4, 0.5) is 11.5 Å². The normalized spacial score (nSPS) is 16.4. The Morgan fingerprint density at radius 1 is 0.605 bits per heavy atom. The quantitative estimate of drug-likeness (QED) is 0.487. The first kappa shape index (κ1) is 22.8. The number of anilines is 1. The molecule has 0 spiro atoms. The fraction of sp³-hybridized carbons (Fsp3) is 0.250. The highest BCUT2D eigenvalue weighted by atomic mass is 35.5. The highest BCUT2D eigenvalue weighted by Gasteiger charge is 2.33. The van der Waals surface area contributed by atoms with E-state index in [1.54, 1.807) is 4.48 Å². The van der Waals surface area contributed by atoms with Crippen molar-refractivity contribution >= 4 is 53.1 Å². The lowest BCUT2D eigenvalue weighted by Gasteiger charge is -2.12. The van der Waals surface area contributed by atoms with Crippen LogP contribution in [-0.4, -0.2) is 54.6 Å². The summed E-state index contributed by atoms with van der Waals surface area (Å²) in [5.41, 5.74) is 7.93. The first-order valence-electron chi connectivity index (χ1n) is 11.9. The Balaban J connectivity index is 1.66. The number of nitrogens with one attached hydrogen (secondary N) is 1. The molecule has 3 aromatic rings. The molecule has 185 valence electrons. The SMILES string of the molecule is CC1=C(C)Nc2c3n([B]Cl)c(c2=N1)=NC1=NC(=NC2=NC(=N3)c3nc(C)c(C)nc32)c2nc(C)c(C)nc21. The van der Waals surface area contributed by atoms with Crippen LogP contribution in [0.3, 0.4) is 0 Å². The largest absolute Gasteiger partial charge is 0.378 e. The van der Waals surface area contributed by atoms with Gasteiger partial charge in [-0.25, -0.2) is 49.9 Å². The number of aromatic nitrogens is 5. The van der Waals surface area contributed by atoms with Gasteiger partial charge in [0.15, 0.2) is 34.6 Å². The van der Waals surface area contributed by atoms with Crippen molar-refractivity contribution in [3.8, 4) is 0 Å². The number of halogens is 1. The molecule has 38 heavy (non-hydrogen) atoms. The minimum absolute atomic E-state index is 0.338. The van der Waals surface area contributed by atoms with E-state index in [4.69, 9.17) is 61.4 Å². The van der Waals surface area contributed by atoms with Gasteiger partial charge in [0.05, 0.1) is 28.5 Å². The molecule has 0 aliphatic carbocycles. The van der Waals surface area contributed by atoms with Gasteiger partial charge in [-0.05, 0) is 41.5 Å². The van der Waals surface area contributed by atoms with E-state index in [1.807, 2.05) is 41.5 Å². The number of fused-ring (bicyclic) bond motifs is 13. The molecular formula is C24H19BClN12. The van der Waals surface area contributed by atoms with Gasteiger partial charge in [-0.2, -0.15) is 11.5 Å². The van der Waals surface area contributed by atoms with Gasteiger partial charge in [-0.3, -0.25) is 0 Å². The monoisotopic (exact) mass is 521 g/mol. The third kappa shape index (κ3) is 3.11. The lowest BCUT2D eigenvalue weighted by molar-refractivity contribution is 1.02. The Bertz CT molecular complexity index is 1940. The van der Waals surface area contributed by atoms with E-state index < -0.39 is 0 Å². The molecule has 1 N–H and O–H groups in total. The number of hydrogen-bond acceptors (Lipinski definition) is 11. The molecule has 4 aliphatic heterocycles. The number of aryl methyl sites for hydroxylation is 4. The van der Waals surface area contributed by atoms with Crippen LogP contribution >= 0.6 is 11.5 Å². The molecule has 0 saturated carbocycles. The fourth-order valence-electron chi connectivity index (χ4n) is 4.47. The van der Waals surface area contributed by atoms with E-state index in [-0.39, 0.29) is 0 Å². The number of hydrogen-bond donors (Lipinski definition) is 1. The van der Waals surface area contributed by atoms with Gasteiger partial charge in [0.25, 0.3) is 0 Å². The summed E-state index contributed by atoms with van der Waals surface area (Å²) in [6, 6.07) is 0. The zero-order valence-corrected chi connectivity index (χ0v) is 22.1. The summed E-state index contributed by atoms with van der Waals surface area (Å²) in [6.45, 7) is 12.8. The molecule has 0 atom stereocenters. The van der Waals surface area contributed by atoms with Gasteiger partial charge < -0.3 is 9.79 Å². The highest BCUT2D eigenvalue weighted by molar-refractivity contribution is 6.92. The summed E-state index contributed by atoms with van der Waals surface area (Å²) in [4.78, 5) is 48.0. The predicted octanol–water partition coefficient (Wildman–Crippen LogP) is 1.90. The third-order valence-electron chi connectivity index (χ3n) is 6.88. The number of rotatable bonds is 1. The minimum atomic E-state index is 0.338. The second-order valence-electron chi connectivity index (χ2n) is 9.32. The Hall–Kier alpha value is -4.39. The average Bonchev–Trinajstić information content (AvgIpc) is 3.46. The van der Waals surface area contributed by atoms with Crippen molar-refractivity contribution in [2.75, 3.05) is 5.32 Å². The highest BCUT2D eigenvalue weighted by Crippen LogP contribution is 2.29. The molecule has 6 bridgehead atoms. The zero-order valence-electron chi connectivity index (χ0n) is 21.4. The van der Waals surface area contributed by atoms with E-state index in [9.17, 15) is 0 Å². The van der Waals surface area contributed by atoms with Crippen molar-refractivity contribution in [3.63, 3.8) is 0 Å².